The third-order valence-electron chi connectivity index (χ3n) is 4.84. The van der Waals surface area contributed by atoms with Crippen molar-refractivity contribution in [2.45, 2.75) is 33.1 Å². The lowest BCUT2D eigenvalue weighted by Gasteiger charge is -2.32. The average molecular weight is 406 g/mol. The van der Waals surface area contributed by atoms with Gasteiger partial charge in [-0.1, -0.05) is 0 Å². The summed E-state index contributed by atoms with van der Waals surface area (Å²) in [6, 6.07) is 0. The minimum Gasteiger partial charge on any atom is -0.466 e. The van der Waals surface area contributed by atoms with Crippen molar-refractivity contribution in [3.05, 3.63) is 23.8 Å². The summed E-state index contributed by atoms with van der Waals surface area (Å²) in [6.07, 6.45) is 4.64. The standard InChI is InChI=1S/C20H30N4O5/c1-4-29-20(27)16-6-5-8-24(14-16)18(25)7-9-23(10-11-28-3)19(26)17-13-21-15(2)12-22-17/h12-13,16H,4-11,14H2,1-3H3. The fraction of sp³-hybridized carbons (Fsp3) is 0.650. The summed E-state index contributed by atoms with van der Waals surface area (Å²) >= 11 is 0. The van der Waals surface area contributed by atoms with Gasteiger partial charge in [0.25, 0.3) is 5.91 Å². The van der Waals surface area contributed by atoms with Gasteiger partial charge in [0.2, 0.25) is 5.91 Å². The van der Waals surface area contributed by atoms with Gasteiger partial charge in [0.05, 0.1) is 31.0 Å². The third-order valence-corrected chi connectivity index (χ3v) is 4.84. The second-order valence-electron chi connectivity index (χ2n) is 7.01. The van der Waals surface area contributed by atoms with Crippen LogP contribution in [0.2, 0.25) is 0 Å². The lowest BCUT2D eigenvalue weighted by Crippen LogP contribution is -2.44. The van der Waals surface area contributed by atoms with E-state index in [0.717, 1.165) is 18.5 Å². The molecule has 9 nitrogen and oxygen atoms in total. The summed E-state index contributed by atoms with van der Waals surface area (Å²) in [7, 11) is 1.56. The van der Waals surface area contributed by atoms with Crippen LogP contribution in [0.15, 0.2) is 12.4 Å². The van der Waals surface area contributed by atoms with E-state index in [2.05, 4.69) is 9.97 Å². The lowest BCUT2D eigenvalue weighted by atomic mass is 9.98. The van der Waals surface area contributed by atoms with E-state index in [1.54, 1.807) is 30.8 Å². The zero-order chi connectivity index (χ0) is 21.2. The number of ether oxygens (including phenoxy) is 2. The van der Waals surface area contributed by atoms with Gasteiger partial charge in [-0.15, -0.1) is 0 Å². The Hall–Kier alpha value is -2.55. The number of rotatable bonds is 9. The molecular weight excluding hydrogens is 376 g/mol. The normalized spacial score (nSPS) is 16.4. The molecule has 1 fully saturated rings. The highest BCUT2D eigenvalue weighted by Gasteiger charge is 2.29. The number of likely N-dealkylation sites (tertiary alicyclic amines) is 1. The zero-order valence-electron chi connectivity index (χ0n) is 17.4. The smallest absolute Gasteiger partial charge is 0.310 e. The average Bonchev–Trinajstić information content (AvgIpc) is 2.74. The van der Waals surface area contributed by atoms with Crippen LogP contribution in [0.1, 0.15) is 42.4 Å². The van der Waals surface area contributed by atoms with Gasteiger partial charge in [0.15, 0.2) is 0 Å². The van der Waals surface area contributed by atoms with Crippen LogP contribution in [-0.4, -0.2) is 84.1 Å². The molecule has 0 aliphatic carbocycles. The summed E-state index contributed by atoms with van der Waals surface area (Å²) in [5, 5.41) is 0. The molecular formula is C20H30N4O5. The molecule has 1 aromatic heterocycles. The molecule has 0 saturated carbocycles. The van der Waals surface area contributed by atoms with Gasteiger partial charge in [-0.25, -0.2) is 4.98 Å². The molecule has 1 saturated heterocycles. The number of carbonyl (C=O) groups is 3. The molecule has 9 heteroatoms. The third kappa shape index (κ3) is 6.77. The van der Waals surface area contributed by atoms with Crippen LogP contribution in [0.25, 0.3) is 0 Å². The molecule has 0 spiro atoms. The first-order valence-corrected chi connectivity index (χ1v) is 9.97. The molecule has 1 atom stereocenters. The van der Waals surface area contributed by atoms with Crippen LogP contribution in [-0.2, 0) is 19.1 Å². The van der Waals surface area contributed by atoms with Crippen LogP contribution in [0.4, 0.5) is 0 Å². The number of nitrogens with zero attached hydrogens (tertiary/aromatic N) is 4. The van der Waals surface area contributed by atoms with E-state index >= 15 is 0 Å². The van der Waals surface area contributed by atoms with Crippen molar-refractivity contribution in [3.8, 4) is 0 Å². The van der Waals surface area contributed by atoms with E-state index in [0.29, 0.717) is 32.8 Å². The quantitative estimate of drug-likeness (QED) is 0.565. The van der Waals surface area contributed by atoms with Crippen molar-refractivity contribution >= 4 is 17.8 Å². The van der Waals surface area contributed by atoms with Crippen molar-refractivity contribution in [2.75, 3.05) is 46.5 Å². The van der Waals surface area contributed by atoms with E-state index in [-0.39, 0.29) is 42.4 Å². The van der Waals surface area contributed by atoms with Gasteiger partial charge in [-0.3, -0.25) is 19.4 Å². The zero-order valence-corrected chi connectivity index (χ0v) is 17.4. The Balaban J connectivity index is 1.95. The Labute approximate surface area is 171 Å². The number of methoxy groups -OCH3 is 1. The van der Waals surface area contributed by atoms with Crippen molar-refractivity contribution in [1.29, 1.82) is 0 Å². The summed E-state index contributed by atoms with van der Waals surface area (Å²) < 4.78 is 10.2. The number of esters is 1. The van der Waals surface area contributed by atoms with Crippen molar-refractivity contribution in [3.63, 3.8) is 0 Å². The highest BCUT2D eigenvalue weighted by atomic mass is 16.5. The van der Waals surface area contributed by atoms with Gasteiger partial charge in [-0.05, 0) is 26.7 Å². The first-order valence-electron chi connectivity index (χ1n) is 9.97. The predicted molar refractivity (Wildman–Crippen MR) is 105 cm³/mol. The fourth-order valence-corrected chi connectivity index (χ4v) is 3.23. The summed E-state index contributed by atoms with van der Waals surface area (Å²) in [5.74, 6) is -0.892. The number of hydrogen-bond acceptors (Lipinski definition) is 7. The minimum atomic E-state index is -0.287. The Kier molecular flexibility index (Phi) is 8.98. The van der Waals surface area contributed by atoms with Gasteiger partial charge < -0.3 is 19.3 Å². The molecule has 1 aromatic rings. The Morgan fingerprint density at radius 3 is 2.69 bits per heavy atom. The summed E-state index contributed by atoms with van der Waals surface area (Å²) in [4.78, 5) is 48.9. The first kappa shape index (κ1) is 22.7. The molecule has 2 rings (SSSR count). The molecule has 1 aliphatic heterocycles. The van der Waals surface area contributed by atoms with Crippen molar-refractivity contribution in [2.24, 2.45) is 5.92 Å². The van der Waals surface area contributed by atoms with Crippen LogP contribution in [0, 0.1) is 12.8 Å². The highest BCUT2D eigenvalue weighted by Crippen LogP contribution is 2.19. The second kappa shape index (κ2) is 11.5. The SMILES string of the molecule is CCOC(=O)C1CCCN(C(=O)CCN(CCOC)C(=O)c2cnc(C)cn2)C1. The van der Waals surface area contributed by atoms with Gasteiger partial charge >= 0.3 is 5.97 Å². The summed E-state index contributed by atoms with van der Waals surface area (Å²) in [6.45, 7) is 5.84. The Morgan fingerprint density at radius 2 is 2.03 bits per heavy atom. The first-order chi connectivity index (χ1) is 14.0. The molecule has 29 heavy (non-hydrogen) atoms. The number of amides is 2. The molecule has 160 valence electrons. The second-order valence-corrected chi connectivity index (χ2v) is 7.01. The molecule has 0 radical (unpaired) electrons. The van der Waals surface area contributed by atoms with E-state index in [1.807, 2.05) is 0 Å². The number of piperidine rings is 1. The Morgan fingerprint density at radius 1 is 1.24 bits per heavy atom. The van der Waals surface area contributed by atoms with Crippen LogP contribution in [0.3, 0.4) is 0 Å². The van der Waals surface area contributed by atoms with Gasteiger partial charge in [0.1, 0.15) is 5.69 Å². The molecule has 0 bridgehead atoms. The molecule has 0 aromatic carbocycles. The minimum absolute atomic E-state index is 0.0794. The molecule has 1 unspecified atom stereocenters. The maximum atomic E-state index is 12.7. The number of carbonyl (C=O) groups excluding carboxylic acids is 3. The fourth-order valence-electron chi connectivity index (χ4n) is 3.23. The topological polar surface area (TPSA) is 102 Å². The lowest BCUT2D eigenvalue weighted by molar-refractivity contribution is -0.151. The predicted octanol–water partition coefficient (Wildman–Crippen LogP) is 1.07. The van der Waals surface area contributed by atoms with E-state index in [9.17, 15) is 14.4 Å². The Bertz CT molecular complexity index is 695. The van der Waals surface area contributed by atoms with Crippen LogP contribution < -0.4 is 0 Å². The monoisotopic (exact) mass is 406 g/mol. The molecule has 0 N–H and O–H groups in total. The van der Waals surface area contributed by atoms with Gasteiger partial charge in [-0.2, -0.15) is 0 Å². The van der Waals surface area contributed by atoms with E-state index in [1.165, 1.54) is 12.4 Å². The largest absolute Gasteiger partial charge is 0.466 e. The number of aryl methyl sites for hydroxylation is 1. The maximum Gasteiger partial charge on any atom is 0.310 e. The highest BCUT2D eigenvalue weighted by molar-refractivity contribution is 5.92. The van der Waals surface area contributed by atoms with E-state index in [4.69, 9.17) is 9.47 Å². The van der Waals surface area contributed by atoms with Crippen molar-refractivity contribution in [1.82, 2.24) is 19.8 Å². The van der Waals surface area contributed by atoms with Crippen molar-refractivity contribution < 1.29 is 23.9 Å². The van der Waals surface area contributed by atoms with Crippen LogP contribution in [0.5, 0.6) is 0 Å². The van der Waals surface area contributed by atoms with Gasteiger partial charge in [0, 0.05) is 45.9 Å². The maximum absolute atomic E-state index is 12.7. The van der Waals surface area contributed by atoms with E-state index < -0.39 is 0 Å². The number of hydrogen-bond donors (Lipinski definition) is 0. The molecule has 1 aliphatic rings. The molecule has 2 amide bonds. The molecule has 2 heterocycles. The number of aromatic nitrogens is 2. The summed E-state index contributed by atoms with van der Waals surface area (Å²) in [5.41, 5.74) is 0.959. The van der Waals surface area contributed by atoms with Crippen LogP contribution >= 0.6 is 0 Å².